The Morgan fingerprint density at radius 3 is 2.32 bits per heavy atom. The Hall–Kier alpha value is -3.12. The minimum absolute atomic E-state index is 0.280. The standard InChI is InChI=1S/C19H14N2O/c20-14-21(13-15-6-2-1-3-7-15)19(22)18-11-10-16-8-4-5-9-17(16)12-18/h1-12H,13H2. The topological polar surface area (TPSA) is 44.1 Å². The van der Waals surface area contributed by atoms with E-state index in [0.717, 1.165) is 16.3 Å². The van der Waals surface area contributed by atoms with Crippen molar-refractivity contribution >= 4 is 16.7 Å². The largest absolute Gasteiger partial charge is 0.268 e. The highest BCUT2D eigenvalue weighted by Gasteiger charge is 2.16. The summed E-state index contributed by atoms with van der Waals surface area (Å²) in [7, 11) is 0. The summed E-state index contributed by atoms with van der Waals surface area (Å²) in [5, 5.41) is 11.4. The van der Waals surface area contributed by atoms with Crippen molar-refractivity contribution in [3.8, 4) is 6.19 Å². The highest BCUT2D eigenvalue weighted by atomic mass is 16.2. The third-order valence-electron chi connectivity index (χ3n) is 3.55. The second-order valence-corrected chi connectivity index (χ2v) is 5.04. The molecule has 0 saturated carbocycles. The maximum atomic E-state index is 12.5. The van der Waals surface area contributed by atoms with Crippen LogP contribution in [0, 0.1) is 11.5 Å². The number of rotatable bonds is 3. The first-order valence-corrected chi connectivity index (χ1v) is 7.02. The highest BCUT2D eigenvalue weighted by Crippen LogP contribution is 2.17. The Kier molecular flexibility index (Phi) is 3.84. The Balaban J connectivity index is 1.88. The van der Waals surface area contributed by atoms with Crippen molar-refractivity contribution < 1.29 is 4.79 Å². The van der Waals surface area contributed by atoms with Gasteiger partial charge in [-0.1, -0.05) is 60.7 Å². The molecule has 106 valence electrons. The van der Waals surface area contributed by atoms with Crippen LogP contribution in [0.3, 0.4) is 0 Å². The Morgan fingerprint density at radius 1 is 0.909 bits per heavy atom. The van der Waals surface area contributed by atoms with E-state index in [9.17, 15) is 10.1 Å². The maximum absolute atomic E-state index is 12.5. The molecule has 0 aliphatic heterocycles. The summed E-state index contributed by atoms with van der Waals surface area (Å²) in [6.45, 7) is 0.281. The first-order chi connectivity index (χ1) is 10.8. The van der Waals surface area contributed by atoms with Gasteiger partial charge in [-0.3, -0.25) is 4.79 Å². The normalized spacial score (nSPS) is 10.1. The second kappa shape index (κ2) is 6.11. The SMILES string of the molecule is N#CN(Cc1ccccc1)C(=O)c1ccc2ccccc2c1. The molecular formula is C19H14N2O. The molecule has 0 spiro atoms. The van der Waals surface area contributed by atoms with Crippen LogP contribution in [0.5, 0.6) is 0 Å². The van der Waals surface area contributed by atoms with Crippen molar-refractivity contribution in [3.63, 3.8) is 0 Å². The first-order valence-electron chi connectivity index (χ1n) is 7.02. The molecular weight excluding hydrogens is 272 g/mol. The summed E-state index contributed by atoms with van der Waals surface area (Å²) in [5.41, 5.74) is 1.45. The van der Waals surface area contributed by atoms with Crippen molar-refractivity contribution in [1.82, 2.24) is 4.90 Å². The molecule has 0 bridgehead atoms. The smallest absolute Gasteiger partial charge is 0.267 e. The van der Waals surface area contributed by atoms with E-state index >= 15 is 0 Å². The zero-order valence-corrected chi connectivity index (χ0v) is 11.9. The van der Waals surface area contributed by atoms with Gasteiger partial charge < -0.3 is 0 Å². The molecule has 0 saturated heterocycles. The number of amides is 1. The lowest BCUT2D eigenvalue weighted by atomic mass is 10.1. The number of benzene rings is 3. The van der Waals surface area contributed by atoms with Crippen LogP contribution in [0.4, 0.5) is 0 Å². The molecule has 3 nitrogen and oxygen atoms in total. The molecule has 0 N–H and O–H groups in total. The number of fused-ring (bicyclic) bond motifs is 1. The van der Waals surface area contributed by atoms with Gasteiger partial charge in [0.05, 0.1) is 6.54 Å². The fraction of sp³-hybridized carbons (Fsp3) is 0.0526. The van der Waals surface area contributed by atoms with Gasteiger partial charge in [-0.25, -0.2) is 4.90 Å². The molecule has 0 aliphatic carbocycles. The third-order valence-corrected chi connectivity index (χ3v) is 3.55. The second-order valence-electron chi connectivity index (χ2n) is 5.04. The van der Waals surface area contributed by atoms with Crippen molar-refractivity contribution in [2.75, 3.05) is 0 Å². The van der Waals surface area contributed by atoms with Crippen LogP contribution in [-0.2, 0) is 6.54 Å². The van der Waals surface area contributed by atoms with Gasteiger partial charge in [0.1, 0.15) is 0 Å². The molecule has 3 aromatic rings. The third kappa shape index (κ3) is 2.82. The minimum atomic E-state index is -0.280. The molecule has 0 aromatic heterocycles. The molecule has 3 aromatic carbocycles. The lowest BCUT2D eigenvalue weighted by Crippen LogP contribution is -2.25. The first kappa shape index (κ1) is 13.8. The van der Waals surface area contributed by atoms with Gasteiger partial charge in [0, 0.05) is 5.56 Å². The maximum Gasteiger partial charge on any atom is 0.267 e. The van der Waals surface area contributed by atoms with Gasteiger partial charge in [0.25, 0.3) is 5.91 Å². The molecule has 0 unspecified atom stereocenters. The lowest BCUT2D eigenvalue weighted by Gasteiger charge is -2.14. The van der Waals surface area contributed by atoms with E-state index in [4.69, 9.17) is 0 Å². The summed E-state index contributed by atoms with van der Waals surface area (Å²) in [6.07, 6.45) is 1.98. The van der Waals surface area contributed by atoms with Crippen LogP contribution < -0.4 is 0 Å². The van der Waals surface area contributed by atoms with Crippen LogP contribution in [0.2, 0.25) is 0 Å². The zero-order chi connectivity index (χ0) is 15.4. The predicted octanol–water partition coefficient (Wildman–Crippen LogP) is 3.96. The van der Waals surface area contributed by atoms with E-state index in [1.165, 1.54) is 4.90 Å². The molecule has 0 aliphatic rings. The number of hydrogen-bond acceptors (Lipinski definition) is 2. The average Bonchev–Trinajstić information content (AvgIpc) is 2.59. The number of nitrogens with zero attached hydrogens (tertiary/aromatic N) is 2. The molecule has 3 heteroatoms. The van der Waals surface area contributed by atoms with E-state index in [-0.39, 0.29) is 12.5 Å². The number of carbonyl (C=O) groups is 1. The fourth-order valence-electron chi connectivity index (χ4n) is 2.40. The van der Waals surface area contributed by atoms with Gasteiger partial charge in [0.2, 0.25) is 0 Å². The van der Waals surface area contributed by atoms with E-state index in [0.29, 0.717) is 5.56 Å². The molecule has 0 atom stereocenters. The van der Waals surface area contributed by atoms with E-state index in [1.54, 1.807) is 6.07 Å². The van der Waals surface area contributed by atoms with Gasteiger partial charge in [-0.2, -0.15) is 5.26 Å². The van der Waals surface area contributed by atoms with Crippen LogP contribution in [0.25, 0.3) is 10.8 Å². The van der Waals surface area contributed by atoms with Gasteiger partial charge in [-0.15, -0.1) is 0 Å². The van der Waals surface area contributed by atoms with E-state index in [1.807, 2.05) is 72.9 Å². The van der Waals surface area contributed by atoms with Gasteiger partial charge in [-0.05, 0) is 28.5 Å². The van der Waals surface area contributed by atoms with Crippen LogP contribution in [0.15, 0.2) is 72.8 Å². The monoisotopic (exact) mass is 286 g/mol. The molecule has 0 radical (unpaired) electrons. The Labute approximate surface area is 129 Å². The lowest BCUT2D eigenvalue weighted by molar-refractivity contribution is 0.0824. The quantitative estimate of drug-likeness (QED) is 0.540. The number of carbonyl (C=O) groups excluding carboxylic acids is 1. The van der Waals surface area contributed by atoms with Crippen LogP contribution in [0.1, 0.15) is 15.9 Å². The predicted molar refractivity (Wildman–Crippen MR) is 85.9 cm³/mol. The Morgan fingerprint density at radius 2 is 1.59 bits per heavy atom. The summed E-state index contributed by atoms with van der Waals surface area (Å²) >= 11 is 0. The molecule has 0 fully saturated rings. The van der Waals surface area contributed by atoms with Crippen molar-refractivity contribution in [1.29, 1.82) is 5.26 Å². The Bertz CT molecular complexity index is 850. The van der Waals surface area contributed by atoms with Crippen molar-refractivity contribution in [2.24, 2.45) is 0 Å². The van der Waals surface area contributed by atoms with Crippen molar-refractivity contribution in [2.45, 2.75) is 6.54 Å². The summed E-state index contributed by atoms with van der Waals surface area (Å²) < 4.78 is 0. The summed E-state index contributed by atoms with van der Waals surface area (Å²) in [6, 6.07) is 22.8. The number of hydrogen-bond donors (Lipinski definition) is 0. The van der Waals surface area contributed by atoms with Crippen LogP contribution in [-0.4, -0.2) is 10.8 Å². The van der Waals surface area contributed by atoms with Crippen molar-refractivity contribution in [3.05, 3.63) is 83.9 Å². The number of nitriles is 1. The summed E-state index contributed by atoms with van der Waals surface area (Å²) in [4.78, 5) is 13.7. The summed E-state index contributed by atoms with van der Waals surface area (Å²) in [5.74, 6) is -0.280. The minimum Gasteiger partial charge on any atom is -0.268 e. The molecule has 3 rings (SSSR count). The molecule has 1 amide bonds. The zero-order valence-electron chi connectivity index (χ0n) is 11.9. The highest BCUT2D eigenvalue weighted by molar-refractivity contribution is 5.99. The molecule has 0 heterocycles. The molecule has 22 heavy (non-hydrogen) atoms. The van der Waals surface area contributed by atoms with Crippen LogP contribution >= 0.6 is 0 Å². The average molecular weight is 286 g/mol. The van der Waals surface area contributed by atoms with E-state index < -0.39 is 0 Å². The fourth-order valence-corrected chi connectivity index (χ4v) is 2.40. The van der Waals surface area contributed by atoms with Gasteiger partial charge in [0.15, 0.2) is 6.19 Å². The van der Waals surface area contributed by atoms with Gasteiger partial charge >= 0.3 is 0 Å². The van der Waals surface area contributed by atoms with E-state index in [2.05, 4.69) is 0 Å².